The second-order valence-corrected chi connectivity index (χ2v) is 7.51. The maximum Gasteiger partial charge on any atom is 0.270 e. The summed E-state index contributed by atoms with van der Waals surface area (Å²) in [5.41, 5.74) is 4.01. The van der Waals surface area contributed by atoms with Crippen LogP contribution in [0, 0.1) is 12.7 Å². The molecule has 2 aromatic rings. The van der Waals surface area contributed by atoms with E-state index in [4.69, 9.17) is 4.74 Å². The van der Waals surface area contributed by atoms with E-state index in [0.717, 1.165) is 17.6 Å². The van der Waals surface area contributed by atoms with Crippen LogP contribution < -0.4 is 15.0 Å². The number of carbonyl (C=O) groups excluding carboxylic acids is 2. The van der Waals surface area contributed by atoms with E-state index in [2.05, 4.69) is 34.6 Å². The van der Waals surface area contributed by atoms with Crippen LogP contribution in [0.25, 0.3) is 0 Å². The smallest absolute Gasteiger partial charge is 0.270 e. The van der Waals surface area contributed by atoms with Crippen molar-refractivity contribution < 1.29 is 18.7 Å². The van der Waals surface area contributed by atoms with Crippen molar-refractivity contribution in [2.24, 2.45) is 4.99 Å². The van der Waals surface area contributed by atoms with Gasteiger partial charge in [-0.25, -0.2) is 4.39 Å². The van der Waals surface area contributed by atoms with Crippen molar-refractivity contribution in [3.8, 4) is 5.75 Å². The fraction of sp³-hybridized carbons (Fsp3) is 0.261. The van der Waals surface area contributed by atoms with Crippen LogP contribution in [0.3, 0.4) is 0 Å². The largest absolute Gasteiger partial charge is 0.489 e. The molecule has 154 valence electrons. The van der Waals surface area contributed by atoms with Crippen molar-refractivity contribution in [3.63, 3.8) is 0 Å². The third kappa shape index (κ3) is 4.10. The van der Waals surface area contributed by atoms with Crippen molar-refractivity contribution >= 4 is 23.2 Å². The molecule has 7 heteroatoms. The van der Waals surface area contributed by atoms with Gasteiger partial charge in [-0.3, -0.25) is 14.6 Å². The van der Waals surface area contributed by atoms with Crippen LogP contribution in [0.1, 0.15) is 11.1 Å². The number of nitrogens with one attached hydrogen (secondary N) is 1. The summed E-state index contributed by atoms with van der Waals surface area (Å²) in [4.78, 5) is 31.0. The Hall–Kier alpha value is -3.48. The maximum absolute atomic E-state index is 13.6. The van der Waals surface area contributed by atoms with E-state index in [0.29, 0.717) is 23.7 Å². The minimum absolute atomic E-state index is 0.0409. The highest BCUT2D eigenvalue weighted by Crippen LogP contribution is 2.31. The Morgan fingerprint density at radius 2 is 2.03 bits per heavy atom. The molecule has 2 amide bonds. The number of ether oxygens (including phenoxy) is 1. The van der Waals surface area contributed by atoms with Gasteiger partial charge in [0, 0.05) is 13.1 Å². The van der Waals surface area contributed by atoms with Gasteiger partial charge in [0.05, 0.1) is 12.2 Å². The SMILES string of the molecule is Cc1ccc(CC2=CC(C(=O)N[C@H]3COc4ccc(F)cc4N(C)C3=O)=NC2)cc1. The Balaban J connectivity index is 1.42. The van der Waals surface area contributed by atoms with Crippen molar-refractivity contribution in [1.29, 1.82) is 0 Å². The lowest BCUT2D eigenvalue weighted by Crippen LogP contribution is -2.50. The molecule has 1 N–H and O–H groups in total. The van der Waals surface area contributed by atoms with E-state index < -0.39 is 17.8 Å². The molecular weight excluding hydrogens is 385 g/mol. The Labute approximate surface area is 174 Å². The van der Waals surface area contributed by atoms with Crippen molar-refractivity contribution in [2.45, 2.75) is 19.4 Å². The van der Waals surface area contributed by atoms with E-state index in [1.54, 1.807) is 6.08 Å². The van der Waals surface area contributed by atoms with Gasteiger partial charge in [0.2, 0.25) is 0 Å². The van der Waals surface area contributed by atoms with Crippen LogP contribution in [0.5, 0.6) is 5.75 Å². The molecule has 2 aromatic carbocycles. The number of anilines is 1. The number of hydrogen-bond acceptors (Lipinski definition) is 4. The number of hydrogen-bond donors (Lipinski definition) is 1. The van der Waals surface area contributed by atoms with Gasteiger partial charge in [-0.1, -0.05) is 29.8 Å². The first kappa shape index (κ1) is 19.8. The summed E-state index contributed by atoms with van der Waals surface area (Å²) in [5, 5.41) is 2.70. The zero-order chi connectivity index (χ0) is 21.3. The molecule has 0 bridgehead atoms. The number of fused-ring (bicyclic) bond motifs is 1. The molecule has 4 rings (SSSR count). The quantitative estimate of drug-likeness (QED) is 0.847. The van der Waals surface area contributed by atoms with E-state index >= 15 is 0 Å². The first-order valence-corrected chi connectivity index (χ1v) is 9.71. The van der Waals surface area contributed by atoms with Crippen LogP contribution in [0.15, 0.2) is 59.1 Å². The topological polar surface area (TPSA) is 71.0 Å². The Morgan fingerprint density at radius 3 is 2.80 bits per heavy atom. The van der Waals surface area contributed by atoms with Crippen LogP contribution in [-0.2, 0) is 16.0 Å². The molecule has 0 spiro atoms. The van der Waals surface area contributed by atoms with Crippen molar-refractivity contribution in [2.75, 3.05) is 25.1 Å². The van der Waals surface area contributed by atoms with E-state index in [1.165, 1.54) is 35.7 Å². The molecule has 0 saturated heterocycles. The van der Waals surface area contributed by atoms with Crippen LogP contribution in [0.4, 0.5) is 10.1 Å². The average molecular weight is 407 g/mol. The Bertz CT molecular complexity index is 1060. The summed E-state index contributed by atoms with van der Waals surface area (Å²) in [5.74, 6) is -0.884. The minimum atomic E-state index is -0.893. The summed E-state index contributed by atoms with van der Waals surface area (Å²) in [6.45, 7) is 2.45. The first-order valence-electron chi connectivity index (χ1n) is 9.71. The van der Waals surface area contributed by atoms with Gasteiger partial charge in [0.1, 0.15) is 29.9 Å². The van der Waals surface area contributed by atoms with Crippen molar-refractivity contribution in [3.05, 3.63) is 71.1 Å². The zero-order valence-corrected chi connectivity index (χ0v) is 16.8. The first-order chi connectivity index (χ1) is 14.4. The maximum atomic E-state index is 13.6. The molecule has 2 heterocycles. The summed E-state index contributed by atoms with van der Waals surface area (Å²) in [6, 6.07) is 11.3. The third-order valence-electron chi connectivity index (χ3n) is 5.20. The second-order valence-electron chi connectivity index (χ2n) is 7.51. The molecule has 2 aliphatic rings. The average Bonchev–Trinajstić information content (AvgIpc) is 3.17. The molecule has 6 nitrogen and oxygen atoms in total. The molecule has 0 saturated carbocycles. The molecule has 0 unspecified atom stereocenters. The summed E-state index contributed by atoms with van der Waals surface area (Å²) >= 11 is 0. The van der Waals surface area contributed by atoms with Gasteiger partial charge in [-0.2, -0.15) is 0 Å². The van der Waals surface area contributed by atoms with E-state index in [-0.39, 0.29) is 12.5 Å². The molecule has 2 aliphatic heterocycles. The van der Waals surface area contributed by atoms with Gasteiger partial charge >= 0.3 is 0 Å². The number of amides is 2. The predicted molar refractivity (Wildman–Crippen MR) is 113 cm³/mol. The van der Waals surface area contributed by atoms with Gasteiger partial charge in [-0.05, 0) is 42.7 Å². The number of likely N-dealkylation sites (N-methyl/N-ethyl adjacent to an activating group) is 1. The van der Waals surface area contributed by atoms with E-state index in [9.17, 15) is 14.0 Å². The molecule has 0 fully saturated rings. The number of benzene rings is 2. The van der Waals surface area contributed by atoms with Gasteiger partial charge in [0.15, 0.2) is 0 Å². The normalized spacial score (nSPS) is 18.2. The standard InChI is InChI=1S/C23H22FN3O3/c1-14-3-5-15(6-4-14)9-16-10-18(25-12-16)22(28)26-19-13-30-21-8-7-17(24)11-20(21)27(2)23(19)29/h3-8,10-11,19H,9,12-13H2,1-2H3,(H,26,28)/t19-/m0/s1. The van der Waals surface area contributed by atoms with Crippen LogP contribution >= 0.6 is 0 Å². The highest BCUT2D eigenvalue weighted by Gasteiger charge is 2.31. The highest BCUT2D eigenvalue weighted by atomic mass is 19.1. The summed E-state index contributed by atoms with van der Waals surface area (Å²) in [7, 11) is 1.53. The number of carbonyl (C=O) groups is 2. The fourth-order valence-corrected chi connectivity index (χ4v) is 3.49. The monoisotopic (exact) mass is 407 g/mol. The number of aryl methyl sites for hydroxylation is 1. The highest BCUT2D eigenvalue weighted by molar-refractivity contribution is 6.44. The molecular formula is C23H22FN3O3. The second kappa shape index (κ2) is 8.10. The van der Waals surface area contributed by atoms with Gasteiger partial charge in [0.25, 0.3) is 11.8 Å². The minimum Gasteiger partial charge on any atom is -0.489 e. The van der Waals surface area contributed by atoms with Crippen LogP contribution in [0.2, 0.25) is 0 Å². The predicted octanol–water partition coefficient (Wildman–Crippen LogP) is 2.60. The van der Waals surface area contributed by atoms with Crippen molar-refractivity contribution in [1.82, 2.24) is 5.32 Å². The van der Waals surface area contributed by atoms with Gasteiger partial charge < -0.3 is 15.0 Å². The molecule has 0 aliphatic carbocycles. The van der Waals surface area contributed by atoms with E-state index in [1.807, 2.05) is 6.92 Å². The number of nitrogens with zero attached hydrogens (tertiary/aromatic N) is 2. The number of halogens is 1. The lowest BCUT2D eigenvalue weighted by Gasteiger charge is -2.20. The number of aliphatic imine (C=N–C) groups is 1. The fourth-order valence-electron chi connectivity index (χ4n) is 3.49. The summed E-state index contributed by atoms with van der Waals surface area (Å²) < 4.78 is 19.2. The van der Waals surface area contributed by atoms with Gasteiger partial charge in [-0.15, -0.1) is 0 Å². The molecule has 1 atom stereocenters. The summed E-state index contributed by atoms with van der Waals surface area (Å²) in [6.07, 6.45) is 2.49. The lowest BCUT2D eigenvalue weighted by molar-refractivity contribution is -0.124. The Kier molecular flexibility index (Phi) is 5.35. The zero-order valence-electron chi connectivity index (χ0n) is 16.8. The lowest BCUT2D eigenvalue weighted by atomic mass is 10.0. The molecule has 30 heavy (non-hydrogen) atoms. The number of rotatable bonds is 4. The van der Waals surface area contributed by atoms with Crippen LogP contribution in [-0.4, -0.2) is 43.8 Å². The molecule has 0 radical (unpaired) electrons. The Morgan fingerprint density at radius 1 is 1.27 bits per heavy atom. The molecule has 0 aromatic heterocycles. The third-order valence-corrected chi connectivity index (χ3v) is 5.20.